The lowest BCUT2D eigenvalue weighted by Crippen LogP contribution is -2.38. The van der Waals surface area contributed by atoms with E-state index in [0.29, 0.717) is 36.0 Å². The number of hydrogen-bond acceptors (Lipinski definition) is 5. The molecule has 2 aromatic rings. The molecule has 0 bridgehead atoms. The van der Waals surface area contributed by atoms with Gasteiger partial charge in [0.2, 0.25) is 5.91 Å². The first-order valence-electron chi connectivity index (χ1n) is 8.55. The fourth-order valence-corrected chi connectivity index (χ4v) is 3.20. The third-order valence-corrected chi connectivity index (χ3v) is 4.69. The fourth-order valence-electron chi connectivity index (χ4n) is 3.00. The third kappa shape index (κ3) is 4.24. The van der Waals surface area contributed by atoms with Crippen LogP contribution in [0.4, 0.5) is 11.5 Å². The van der Waals surface area contributed by atoms with Gasteiger partial charge in [0, 0.05) is 32.4 Å². The Morgan fingerprint density at radius 1 is 1.19 bits per heavy atom. The Morgan fingerprint density at radius 2 is 2.04 bits per heavy atom. The predicted octanol–water partition coefficient (Wildman–Crippen LogP) is 2.76. The molecule has 134 valence electrons. The summed E-state index contributed by atoms with van der Waals surface area (Å²) in [6.45, 7) is 2.92. The van der Waals surface area contributed by atoms with Crippen LogP contribution < -0.4 is 10.2 Å². The van der Waals surface area contributed by atoms with Crippen molar-refractivity contribution in [3.8, 4) is 6.07 Å². The summed E-state index contributed by atoms with van der Waals surface area (Å²) in [4.78, 5) is 20.8. The van der Waals surface area contributed by atoms with Crippen molar-refractivity contribution >= 4 is 29.0 Å². The molecule has 1 saturated heterocycles. The number of rotatable bonds is 4. The van der Waals surface area contributed by atoms with Gasteiger partial charge >= 0.3 is 0 Å². The van der Waals surface area contributed by atoms with Crippen LogP contribution in [0, 0.1) is 11.3 Å². The van der Waals surface area contributed by atoms with Gasteiger partial charge in [0.05, 0.1) is 22.8 Å². The second-order valence-corrected chi connectivity index (χ2v) is 6.45. The Hall–Kier alpha value is -2.78. The number of nitrogens with zero attached hydrogens (tertiary/aromatic N) is 4. The normalized spacial score (nSPS) is 14.5. The van der Waals surface area contributed by atoms with Crippen molar-refractivity contribution in [2.45, 2.75) is 6.42 Å². The van der Waals surface area contributed by atoms with Crippen LogP contribution in [0.3, 0.4) is 0 Å². The summed E-state index contributed by atoms with van der Waals surface area (Å²) in [6, 6.07) is 13.1. The van der Waals surface area contributed by atoms with Crippen LogP contribution >= 0.6 is 11.6 Å². The summed E-state index contributed by atoms with van der Waals surface area (Å²) in [5.41, 5.74) is 1.32. The zero-order chi connectivity index (χ0) is 18.4. The first-order valence-corrected chi connectivity index (χ1v) is 8.93. The van der Waals surface area contributed by atoms with Crippen molar-refractivity contribution in [3.05, 3.63) is 53.2 Å². The molecule has 26 heavy (non-hydrogen) atoms. The first-order chi connectivity index (χ1) is 12.7. The Balaban J connectivity index is 1.59. The van der Waals surface area contributed by atoms with Gasteiger partial charge in [0.1, 0.15) is 11.9 Å². The maximum atomic E-state index is 12.5. The molecule has 1 aromatic carbocycles. The van der Waals surface area contributed by atoms with E-state index in [-0.39, 0.29) is 12.5 Å². The van der Waals surface area contributed by atoms with Crippen LogP contribution in [0.2, 0.25) is 5.02 Å². The molecule has 1 N–H and O–H groups in total. The van der Waals surface area contributed by atoms with Crippen molar-refractivity contribution in [1.29, 1.82) is 5.26 Å². The summed E-state index contributed by atoms with van der Waals surface area (Å²) in [7, 11) is 0. The van der Waals surface area contributed by atoms with Gasteiger partial charge in [-0.2, -0.15) is 5.26 Å². The summed E-state index contributed by atoms with van der Waals surface area (Å²) < 4.78 is 0. The number of halogens is 1. The Labute approximate surface area is 158 Å². The highest BCUT2D eigenvalue weighted by molar-refractivity contribution is 6.33. The van der Waals surface area contributed by atoms with Gasteiger partial charge < -0.3 is 15.1 Å². The Bertz CT molecular complexity index is 820. The SMILES string of the molecule is N#Cc1cccnc1N1CCCN(C(=O)CNc2ccccc2Cl)CC1. The summed E-state index contributed by atoms with van der Waals surface area (Å²) in [5, 5.41) is 13.0. The molecule has 0 atom stereocenters. The van der Waals surface area contributed by atoms with Gasteiger partial charge in [-0.05, 0) is 30.7 Å². The maximum Gasteiger partial charge on any atom is 0.241 e. The second kappa shape index (κ2) is 8.54. The predicted molar refractivity (Wildman–Crippen MR) is 102 cm³/mol. The van der Waals surface area contributed by atoms with E-state index in [1.165, 1.54) is 0 Å². The molecular weight excluding hydrogens is 350 g/mol. The van der Waals surface area contributed by atoms with Crippen molar-refractivity contribution < 1.29 is 4.79 Å². The smallest absolute Gasteiger partial charge is 0.241 e. The molecule has 0 radical (unpaired) electrons. The van der Waals surface area contributed by atoms with Crippen LogP contribution in [0.5, 0.6) is 0 Å². The molecule has 0 unspecified atom stereocenters. The molecule has 0 saturated carbocycles. The number of benzene rings is 1. The molecule has 6 nitrogen and oxygen atoms in total. The number of hydrogen-bond donors (Lipinski definition) is 1. The number of anilines is 2. The standard InChI is InChI=1S/C19H20ClN5O/c20-16-6-1-2-7-17(16)23-14-18(26)24-9-4-10-25(12-11-24)19-15(13-21)5-3-8-22-19/h1-3,5-8,23H,4,9-12,14H2. The van der Waals surface area contributed by atoms with Crippen LogP contribution in [0.15, 0.2) is 42.6 Å². The molecule has 1 aliphatic heterocycles. The zero-order valence-electron chi connectivity index (χ0n) is 14.4. The lowest BCUT2D eigenvalue weighted by Gasteiger charge is -2.23. The van der Waals surface area contributed by atoms with E-state index in [1.54, 1.807) is 24.4 Å². The van der Waals surface area contributed by atoms with Crippen LogP contribution in [-0.2, 0) is 4.79 Å². The van der Waals surface area contributed by atoms with Gasteiger partial charge in [-0.1, -0.05) is 23.7 Å². The summed E-state index contributed by atoms with van der Waals surface area (Å²) in [6.07, 6.45) is 2.52. The van der Waals surface area contributed by atoms with Crippen molar-refractivity contribution in [3.63, 3.8) is 0 Å². The first kappa shape index (κ1) is 18.0. The molecule has 1 amide bonds. The molecule has 1 fully saturated rings. The zero-order valence-corrected chi connectivity index (χ0v) is 15.1. The molecule has 1 aromatic heterocycles. The quantitative estimate of drug-likeness (QED) is 0.897. The third-order valence-electron chi connectivity index (χ3n) is 4.36. The van der Waals surface area contributed by atoms with Gasteiger partial charge in [-0.25, -0.2) is 4.98 Å². The number of aromatic nitrogens is 1. The molecule has 7 heteroatoms. The highest BCUT2D eigenvalue weighted by Crippen LogP contribution is 2.21. The van der Waals surface area contributed by atoms with E-state index in [9.17, 15) is 10.1 Å². The van der Waals surface area contributed by atoms with Crippen LogP contribution in [-0.4, -0.2) is 48.5 Å². The largest absolute Gasteiger partial charge is 0.375 e. The fraction of sp³-hybridized carbons (Fsp3) is 0.316. The second-order valence-electron chi connectivity index (χ2n) is 6.04. The highest BCUT2D eigenvalue weighted by Gasteiger charge is 2.21. The van der Waals surface area contributed by atoms with E-state index in [4.69, 9.17) is 11.6 Å². The minimum atomic E-state index is 0.0355. The van der Waals surface area contributed by atoms with Crippen LogP contribution in [0.1, 0.15) is 12.0 Å². The number of nitriles is 1. The molecular formula is C19H20ClN5O. The van der Waals surface area contributed by atoms with Gasteiger partial charge in [0.25, 0.3) is 0 Å². The minimum Gasteiger partial charge on any atom is -0.375 e. The summed E-state index contributed by atoms with van der Waals surface area (Å²) in [5.74, 6) is 0.729. The highest BCUT2D eigenvalue weighted by atomic mass is 35.5. The molecule has 3 rings (SSSR count). The molecule has 1 aliphatic rings. The van der Waals surface area contributed by atoms with Gasteiger partial charge in [0.15, 0.2) is 0 Å². The number of para-hydroxylation sites is 1. The molecule has 2 heterocycles. The minimum absolute atomic E-state index is 0.0355. The van der Waals surface area contributed by atoms with Crippen molar-refractivity contribution in [2.75, 3.05) is 42.9 Å². The number of nitrogens with one attached hydrogen (secondary N) is 1. The van der Waals surface area contributed by atoms with Crippen molar-refractivity contribution in [1.82, 2.24) is 9.88 Å². The number of carbonyl (C=O) groups excluding carboxylic acids is 1. The van der Waals surface area contributed by atoms with Gasteiger partial charge in [-0.3, -0.25) is 4.79 Å². The van der Waals surface area contributed by atoms with Crippen molar-refractivity contribution in [2.24, 2.45) is 0 Å². The lowest BCUT2D eigenvalue weighted by molar-refractivity contribution is -0.129. The van der Waals surface area contributed by atoms with E-state index < -0.39 is 0 Å². The topological polar surface area (TPSA) is 72.3 Å². The van der Waals surface area contributed by atoms with Crippen LogP contribution in [0.25, 0.3) is 0 Å². The Kier molecular flexibility index (Phi) is 5.92. The number of carbonyl (C=O) groups is 1. The lowest BCUT2D eigenvalue weighted by atomic mass is 10.2. The number of amides is 1. The van der Waals surface area contributed by atoms with E-state index >= 15 is 0 Å². The summed E-state index contributed by atoms with van der Waals surface area (Å²) >= 11 is 6.11. The molecule has 0 spiro atoms. The monoisotopic (exact) mass is 369 g/mol. The van der Waals surface area contributed by atoms with E-state index in [1.807, 2.05) is 23.1 Å². The Morgan fingerprint density at radius 3 is 2.85 bits per heavy atom. The van der Waals surface area contributed by atoms with Gasteiger partial charge in [-0.15, -0.1) is 0 Å². The van der Waals surface area contributed by atoms with E-state index in [0.717, 1.165) is 18.7 Å². The maximum absolute atomic E-state index is 12.5. The van der Waals surface area contributed by atoms with E-state index in [2.05, 4.69) is 21.3 Å². The average molecular weight is 370 g/mol. The number of pyridine rings is 1. The molecule has 0 aliphatic carbocycles. The average Bonchev–Trinajstić information content (AvgIpc) is 2.93.